The van der Waals surface area contributed by atoms with Crippen LogP contribution in [0.25, 0.3) is 35.2 Å². The van der Waals surface area contributed by atoms with E-state index >= 15 is 0 Å². The summed E-state index contributed by atoms with van der Waals surface area (Å²) in [5, 5.41) is 4.24. The van der Waals surface area contributed by atoms with Gasteiger partial charge in [-0.1, -0.05) is 55.1 Å². The average Bonchev–Trinajstić information content (AvgIpc) is 2.72. The van der Waals surface area contributed by atoms with Crippen molar-refractivity contribution >= 4 is 29.5 Å². The number of hydrogen-bond donors (Lipinski definition) is 0. The molecular weight excluding hydrogens is 254 g/mol. The van der Waals surface area contributed by atoms with E-state index in [0.29, 0.717) is 0 Å². The van der Waals surface area contributed by atoms with Crippen LogP contribution >= 0.6 is 0 Å². The molecule has 1 heterocycles. The molecule has 1 nitrogen and oxygen atoms in total. The van der Waals surface area contributed by atoms with Crippen molar-refractivity contribution in [2.24, 2.45) is 0 Å². The van der Waals surface area contributed by atoms with E-state index in [0.717, 1.165) is 38.3 Å². The van der Waals surface area contributed by atoms with Crippen LogP contribution in [0.1, 0.15) is 18.1 Å². The summed E-state index contributed by atoms with van der Waals surface area (Å²) in [6, 6.07) is 14.8. The lowest BCUT2D eigenvalue weighted by molar-refractivity contribution is 1.01. The van der Waals surface area contributed by atoms with E-state index in [1.807, 2.05) is 6.92 Å². The second-order valence-corrected chi connectivity index (χ2v) is 5.61. The van der Waals surface area contributed by atoms with Crippen LogP contribution in [0.2, 0.25) is 0 Å². The predicted octanol–water partition coefficient (Wildman–Crippen LogP) is 3.79. The zero-order valence-corrected chi connectivity index (χ0v) is 12.6. The molecule has 0 aliphatic heterocycles. The maximum atomic E-state index is 4.26. The molecule has 0 radical (unpaired) electrons. The molecule has 1 heteroatoms. The number of fused-ring (bicyclic) bond motifs is 1. The van der Waals surface area contributed by atoms with E-state index in [-0.39, 0.29) is 0 Å². The Hall–Kier alpha value is -2.54. The SMILES string of the molecule is C=C(C)c1ccc2c(=C)n(-c3ccc(C)cc3)c(=C)c2c1. The molecule has 0 aliphatic rings. The third kappa shape index (κ3) is 2.11. The van der Waals surface area contributed by atoms with Gasteiger partial charge in [0.05, 0.1) is 0 Å². The molecule has 2 aromatic carbocycles. The van der Waals surface area contributed by atoms with Gasteiger partial charge >= 0.3 is 0 Å². The lowest BCUT2D eigenvalue weighted by atomic mass is 10.1. The minimum absolute atomic E-state index is 0.974. The number of allylic oxidation sites excluding steroid dienone is 1. The Labute approximate surface area is 125 Å². The van der Waals surface area contributed by atoms with Crippen molar-refractivity contribution in [2.45, 2.75) is 13.8 Å². The highest BCUT2D eigenvalue weighted by molar-refractivity contribution is 5.87. The molecule has 0 aliphatic carbocycles. The number of hydrogen-bond acceptors (Lipinski definition) is 0. The Morgan fingerprint density at radius 3 is 2.14 bits per heavy atom. The maximum Gasteiger partial charge on any atom is 0.0469 e. The normalized spacial score (nSPS) is 11.0. The van der Waals surface area contributed by atoms with Crippen LogP contribution in [-0.2, 0) is 0 Å². The first-order chi connectivity index (χ1) is 9.99. The van der Waals surface area contributed by atoms with Gasteiger partial charge in [0.1, 0.15) is 0 Å². The van der Waals surface area contributed by atoms with Crippen LogP contribution in [0.15, 0.2) is 49.0 Å². The van der Waals surface area contributed by atoms with Gasteiger partial charge in [0.25, 0.3) is 0 Å². The fourth-order valence-corrected chi connectivity index (χ4v) is 2.71. The van der Waals surface area contributed by atoms with Crippen molar-refractivity contribution in [3.8, 4) is 5.69 Å². The summed E-state index contributed by atoms with van der Waals surface area (Å²) >= 11 is 0. The van der Waals surface area contributed by atoms with Gasteiger partial charge in [0.2, 0.25) is 0 Å². The fraction of sp³-hybridized carbons (Fsp3) is 0.100. The average molecular weight is 273 g/mol. The van der Waals surface area contributed by atoms with Crippen molar-refractivity contribution in [3.63, 3.8) is 0 Å². The lowest BCUT2D eigenvalue weighted by Crippen LogP contribution is -2.22. The molecule has 0 saturated heterocycles. The Kier molecular flexibility index (Phi) is 3.06. The quantitative estimate of drug-likeness (QED) is 0.669. The summed E-state index contributed by atoms with van der Waals surface area (Å²) < 4.78 is 2.12. The third-order valence-corrected chi connectivity index (χ3v) is 3.97. The van der Waals surface area contributed by atoms with E-state index in [9.17, 15) is 0 Å². The molecule has 0 unspecified atom stereocenters. The molecule has 1 aromatic heterocycles. The number of benzene rings is 2. The zero-order valence-electron chi connectivity index (χ0n) is 12.6. The molecule has 0 amide bonds. The second-order valence-electron chi connectivity index (χ2n) is 5.61. The maximum absolute atomic E-state index is 4.26. The van der Waals surface area contributed by atoms with Crippen molar-refractivity contribution in [1.29, 1.82) is 0 Å². The highest BCUT2D eigenvalue weighted by Gasteiger charge is 2.07. The molecule has 0 saturated carbocycles. The van der Waals surface area contributed by atoms with Crippen LogP contribution in [0.3, 0.4) is 0 Å². The molecule has 0 bridgehead atoms. The van der Waals surface area contributed by atoms with E-state index in [1.54, 1.807) is 0 Å². The van der Waals surface area contributed by atoms with Gasteiger partial charge in [-0.2, -0.15) is 0 Å². The predicted molar refractivity (Wildman–Crippen MR) is 93.0 cm³/mol. The van der Waals surface area contributed by atoms with Crippen molar-refractivity contribution in [2.75, 3.05) is 0 Å². The van der Waals surface area contributed by atoms with E-state index in [4.69, 9.17) is 0 Å². The number of aryl methyl sites for hydroxylation is 1. The van der Waals surface area contributed by atoms with Gasteiger partial charge in [0.15, 0.2) is 0 Å². The summed E-state index contributed by atoms with van der Waals surface area (Å²) in [7, 11) is 0. The van der Waals surface area contributed by atoms with E-state index in [1.165, 1.54) is 5.56 Å². The summed E-state index contributed by atoms with van der Waals surface area (Å²) in [5.41, 5.74) is 4.55. The Bertz CT molecular complexity index is 940. The highest BCUT2D eigenvalue weighted by atomic mass is 15.0. The fourth-order valence-electron chi connectivity index (χ4n) is 2.71. The molecule has 21 heavy (non-hydrogen) atoms. The molecule has 104 valence electrons. The first-order valence-electron chi connectivity index (χ1n) is 7.04. The largest absolute Gasteiger partial charge is 0.310 e. The highest BCUT2D eigenvalue weighted by Crippen LogP contribution is 2.17. The van der Waals surface area contributed by atoms with Crippen LogP contribution in [-0.4, -0.2) is 4.57 Å². The molecule has 0 fully saturated rings. The summed E-state index contributed by atoms with van der Waals surface area (Å²) in [5.74, 6) is 0. The van der Waals surface area contributed by atoms with Crippen LogP contribution in [0.5, 0.6) is 0 Å². The Morgan fingerprint density at radius 1 is 0.905 bits per heavy atom. The third-order valence-electron chi connectivity index (χ3n) is 3.97. The summed E-state index contributed by atoms with van der Waals surface area (Å²) in [6.45, 7) is 16.6. The second kappa shape index (κ2) is 4.78. The number of rotatable bonds is 2. The minimum Gasteiger partial charge on any atom is -0.310 e. The van der Waals surface area contributed by atoms with Crippen LogP contribution in [0, 0.1) is 6.92 Å². The number of nitrogens with zero attached hydrogens (tertiary/aromatic N) is 1. The Balaban J connectivity index is 2.34. The van der Waals surface area contributed by atoms with Gasteiger partial charge in [-0.3, -0.25) is 0 Å². The van der Waals surface area contributed by atoms with Gasteiger partial charge in [-0.15, -0.1) is 0 Å². The summed E-state index contributed by atoms with van der Waals surface area (Å²) in [4.78, 5) is 0. The van der Waals surface area contributed by atoms with E-state index < -0.39 is 0 Å². The monoisotopic (exact) mass is 273 g/mol. The molecule has 3 aromatic rings. The van der Waals surface area contributed by atoms with Crippen molar-refractivity contribution < 1.29 is 0 Å². The van der Waals surface area contributed by atoms with E-state index in [2.05, 4.69) is 73.7 Å². The molecule has 0 N–H and O–H groups in total. The first kappa shape index (κ1) is 13.4. The summed E-state index contributed by atoms with van der Waals surface area (Å²) in [6.07, 6.45) is 0. The van der Waals surface area contributed by atoms with Gasteiger partial charge in [-0.05, 0) is 37.6 Å². The molecular formula is C20H19N. The number of aromatic nitrogens is 1. The lowest BCUT2D eigenvalue weighted by Gasteiger charge is -2.04. The van der Waals surface area contributed by atoms with Crippen LogP contribution in [0.4, 0.5) is 0 Å². The molecule has 0 spiro atoms. The smallest absolute Gasteiger partial charge is 0.0469 e. The van der Waals surface area contributed by atoms with Crippen molar-refractivity contribution in [1.82, 2.24) is 4.57 Å². The van der Waals surface area contributed by atoms with Gasteiger partial charge in [-0.25, -0.2) is 0 Å². The van der Waals surface area contributed by atoms with Crippen molar-refractivity contribution in [3.05, 3.63) is 70.9 Å². The Morgan fingerprint density at radius 2 is 1.52 bits per heavy atom. The standard InChI is InChI=1S/C20H19N/c1-13(2)17-8-11-19-15(4)21(16(5)20(19)12-17)18-9-6-14(3)7-10-18/h6-12H,1,4-5H2,2-3H3. The molecule has 0 atom stereocenters. The van der Waals surface area contributed by atoms with Crippen LogP contribution < -0.4 is 10.7 Å². The molecule has 3 rings (SSSR count). The van der Waals surface area contributed by atoms with Gasteiger partial charge < -0.3 is 4.57 Å². The van der Waals surface area contributed by atoms with Gasteiger partial charge in [0, 0.05) is 27.2 Å². The zero-order chi connectivity index (χ0) is 15.1. The minimum atomic E-state index is 0.974. The topological polar surface area (TPSA) is 4.93 Å². The first-order valence-corrected chi connectivity index (χ1v) is 7.04.